The fraction of sp³-hybridized carbons (Fsp3) is 0.250. The first-order valence-corrected chi connectivity index (χ1v) is 9.99. The second-order valence-corrected chi connectivity index (χ2v) is 7.81. The molecule has 2 atom stereocenters. The van der Waals surface area contributed by atoms with Gasteiger partial charge >= 0.3 is 11.9 Å². The van der Waals surface area contributed by atoms with Crippen molar-refractivity contribution < 1.29 is 34.2 Å². The summed E-state index contributed by atoms with van der Waals surface area (Å²) < 4.78 is 0. The molecule has 0 radical (unpaired) electrons. The molecule has 0 unspecified atom stereocenters. The number of nitrogens with one attached hydrogen (secondary N) is 1. The minimum atomic E-state index is -1.34. The number of rotatable bonds is 7. The number of nitrogens with zero attached hydrogens (tertiary/aromatic N) is 3. The number of nitrogen functional groups attached to an aromatic ring is 1. The molecule has 0 aromatic carbocycles. The molecule has 30 heavy (non-hydrogen) atoms. The van der Waals surface area contributed by atoms with Crippen molar-refractivity contribution in [2.75, 3.05) is 18.1 Å². The van der Waals surface area contributed by atoms with Crippen LogP contribution >= 0.6 is 23.1 Å². The summed E-state index contributed by atoms with van der Waals surface area (Å²) in [6.07, 6.45) is 5.32. The molecule has 1 fully saturated rings. The minimum Gasteiger partial charge on any atom is -0.479 e. The fourth-order valence-electron chi connectivity index (χ4n) is 2.69. The predicted octanol–water partition coefficient (Wildman–Crippen LogP) is -1.10. The van der Waals surface area contributed by atoms with Gasteiger partial charge in [-0.15, -0.1) is 29.5 Å². The van der Waals surface area contributed by atoms with Crippen LogP contribution < -0.4 is 11.1 Å². The standard InChI is InChI=1S/C16H13N5O7S2/c1-2-6-4-29-14-10(13(25)21(14)11(6)15(26)27)19-12(24)9(20-28-3-8(22)23)7-5-30-16(17)18-7/h1,5,10,14H,3-4H2,(H2,17,18)(H,19,24)(H,22,23)(H,26,27)/b20-9+/t10-,14-/m1/s1. The van der Waals surface area contributed by atoms with E-state index in [0.717, 1.165) is 16.2 Å². The Morgan fingerprint density at radius 2 is 2.20 bits per heavy atom. The monoisotopic (exact) mass is 451 g/mol. The van der Waals surface area contributed by atoms with Gasteiger partial charge in [0.2, 0.25) is 6.61 Å². The van der Waals surface area contributed by atoms with Crippen molar-refractivity contribution >= 4 is 57.7 Å². The van der Waals surface area contributed by atoms with E-state index in [2.05, 4.69) is 26.2 Å². The van der Waals surface area contributed by atoms with Gasteiger partial charge in [0.05, 0.1) is 0 Å². The Morgan fingerprint density at radius 1 is 1.47 bits per heavy atom. The van der Waals surface area contributed by atoms with Crippen LogP contribution in [0.1, 0.15) is 5.69 Å². The van der Waals surface area contributed by atoms with Gasteiger partial charge in [0.15, 0.2) is 10.8 Å². The number of fused-ring (bicyclic) bond motifs is 1. The molecule has 5 N–H and O–H groups in total. The Kier molecular flexibility index (Phi) is 5.94. The summed E-state index contributed by atoms with van der Waals surface area (Å²) in [6, 6.07) is -1.04. The van der Waals surface area contributed by atoms with E-state index in [1.54, 1.807) is 0 Å². The average molecular weight is 451 g/mol. The van der Waals surface area contributed by atoms with Gasteiger partial charge in [-0.25, -0.2) is 14.6 Å². The topological polar surface area (TPSA) is 185 Å². The summed E-state index contributed by atoms with van der Waals surface area (Å²) in [7, 11) is 0. The Labute approximate surface area is 176 Å². The smallest absolute Gasteiger partial charge is 0.353 e. The van der Waals surface area contributed by atoms with Crippen LogP contribution in [0.15, 0.2) is 21.8 Å². The zero-order chi connectivity index (χ0) is 22.0. The zero-order valence-electron chi connectivity index (χ0n) is 14.9. The fourth-order valence-corrected chi connectivity index (χ4v) is 4.53. The average Bonchev–Trinajstić information content (AvgIpc) is 3.13. The summed E-state index contributed by atoms with van der Waals surface area (Å²) in [5, 5.41) is 24.9. The van der Waals surface area contributed by atoms with Crippen molar-refractivity contribution in [3.05, 3.63) is 22.3 Å². The zero-order valence-corrected chi connectivity index (χ0v) is 16.5. The number of aliphatic carboxylic acids is 2. The van der Waals surface area contributed by atoms with E-state index >= 15 is 0 Å². The number of β-lactam (4-membered cyclic amide) rings is 1. The summed E-state index contributed by atoms with van der Waals surface area (Å²) in [4.78, 5) is 56.9. The van der Waals surface area contributed by atoms with E-state index in [1.807, 2.05) is 0 Å². The van der Waals surface area contributed by atoms with Gasteiger partial charge in [-0.2, -0.15) is 0 Å². The number of terminal acetylenes is 1. The lowest BCUT2D eigenvalue weighted by Crippen LogP contribution is -2.71. The van der Waals surface area contributed by atoms with Crippen molar-refractivity contribution in [1.29, 1.82) is 0 Å². The molecule has 0 aliphatic carbocycles. The van der Waals surface area contributed by atoms with Gasteiger partial charge in [-0.1, -0.05) is 11.1 Å². The van der Waals surface area contributed by atoms with Crippen LogP contribution in [0.25, 0.3) is 0 Å². The normalized spacial score (nSPS) is 20.7. The van der Waals surface area contributed by atoms with Gasteiger partial charge in [-0.3, -0.25) is 14.5 Å². The first kappa shape index (κ1) is 21.1. The Bertz CT molecular complexity index is 1040. The molecule has 12 nitrogen and oxygen atoms in total. The minimum absolute atomic E-state index is 0.0288. The van der Waals surface area contributed by atoms with Gasteiger partial charge in [0.1, 0.15) is 22.8 Å². The molecule has 2 aliphatic rings. The first-order chi connectivity index (χ1) is 14.2. The number of nitrogens with two attached hydrogens (primary N) is 1. The van der Waals surface area contributed by atoms with Gasteiger partial charge in [0, 0.05) is 16.7 Å². The van der Waals surface area contributed by atoms with Crippen LogP contribution in [0.2, 0.25) is 0 Å². The summed E-state index contributed by atoms with van der Waals surface area (Å²) in [6.45, 7) is -0.799. The number of carbonyl (C=O) groups excluding carboxylic acids is 2. The SMILES string of the molecule is C#CC1=C(C(=O)O)N2C(=O)[C@@H](NC(=O)/C(=N/OCC(=O)O)c3csc(N)n3)[C@H]2SC1. The molecule has 1 aromatic rings. The lowest BCUT2D eigenvalue weighted by Gasteiger charge is -2.48. The second kappa shape index (κ2) is 8.43. The largest absolute Gasteiger partial charge is 0.479 e. The number of thioether (sulfide) groups is 1. The number of carbonyl (C=O) groups is 4. The van der Waals surface area contributed by atoms with Crippen LogP contribution in [0.3, 0.4) is 0 Å². The third-order valence-electron chi connectivity index (χ3n) is 3.96. The summed E-state index contributed by atoms with van der Waals surface area (Å²) in [5.41, 5.74) is 5.09. The quantitative estimate of drug-likeness (QED) is 0.172. The maximum absolute atomic E-state index is 12.7. The first-order valence-electron chi connectivity index (χ1n) is 8.06. The maximum Gasteiger partial charge on any atom is 0.353 e. The maximum atomic E-state index is 12.7. The number of oxime groups is 1. The molecule has 1 aromatic heterocycles. The van der Waals surface area contributed by atoms with E-state index in [4.69, 9.17) is 17.3 Å². The Balaban J connectivity index is 1.80. The molecule has 3 rings (SSSR count). The van der Waals surface area contributed by atoms with E-state index in [1.165, 1.54) is 17.1 Å². The van der Waals surface area contributed by atoms with Crippen molar-refractivity contribution in [2.45, 2.75) is 11.4 Å². The number of aromatic nitrogens is 1. The van der Waals surface area contributed by atoms with Crippen molar-refractivity contribution in [3.8, 4) is 12.3 Å². The summed E-state index contributed by atoms with van der Waals surface area (Å²) in [5.74, 6) is -1.72. The molecule has 0 saturated carbocycles. The number of thiazole rings is 1. The van der Waals surface area contributed by atoms with Gasteiger partial charge < -0.3 is 26.1 Å². The van der Waals surface area contributed by atoms with Crippen molar-refractivity contribution in [3.63, 3.8) is 0 Å². The van der Waals surface area contributed by atoms with Gasteiger partial charge in [0.25, 0.3) is 11.8 Å². The molecule has 2 amide bonds. The van der Waals surface area contributed by atoms with Crippen LogP contribution in [0, 0.1) is 12.3 Å². The van der Waals surface area contributed by atoms with E-state index in [0.29, 0.717) is 0 Å². The molecule has 0 spiro atoms. The molecule has 14 heteroatoms. The number of hydrogen-bond donors (Lipinski definition) is 4. The Morgan fingerprint density at radius 3 is 2.77 bits per heavy atom. The van der Waals surface area contributed by atoms with Crippen molar-refractivity contribution in [2.24, 2.45) is 5.16 Å². The van der Waals surface area contributed by atoms with E-state index < -0.39 is 41.8 Å². The number of anilines is 1. The molecule has 3 heterocycles. The Hall–Kier alpha value is -3.57. The molecule has 156 valence electrons. The number of hydrogen-bond acceptors (Lipinski definition) is 10. The highest BCUT2D eigenvalue weighted by molar-refractivity contribution is 8.00. The van der Waals surface area contributed by atoms with Crippen LogP contribution in [0.5, 0.6) is 0 Å². The van der Waals surface area contributed by atoms with Crippen LogP contribution in [0.4, 0.5) is 5.13 Å². The number of carboxylic acid groups (broad SMARTS) is 2. The lowest BCUT2D eigenvalue weighted by atomic mass is 10.0. The highest BCUT2D eigenvalue weighted by Gasteiger charge is 2.54. The third-order valence-corrected chi connectivity index (χ3v) is 5.91. The molecular weight excluding hydrogens is 438 g/mol. The molecular formula is C16H13N5O7S2. The third kappa shape index (κ3) is 3.93. The molecule has 0 bridgehead atoms. The lowest BCUT2D eigenvalue weighted by molar-refractivity contribution is -0.150. The van der Waals surface area contributed by atoms with E-state index in [-0.39, 0.29) is 33.6 Å². The number of amides is 2. The second-order valence-electron chi connectivity index (χ2n) is 5.82. The molecule has 1 saturated heterocycles. The predicted molar refractivity (Wildman–Crippen MR) is 105 cm³/mol. The summed E-state index contributed by atoms with van der Waals surface area (Å²) >= 11 is 2.22. The van der Waals surface area contributed by atoms with Gasteiger partial charge in [-0.05, 0) is 0 Å². The van der Waals surface area contributed by atoms with Crippen LogP contribution in [-0.4, -0.2) is 73.3 Å². The van der Waals surface area contributed by atoms with Crippen LogP contribution in [-0.2, 0) is 24.0 Å². The highest BCUT2D eigenvalue weighted by Crippen LogP contribution is 2.40. The number of carboxylic acids is 2. The molecule has 2 aliphatic heterocycles. The van der Waals surface area contributed by atoms with E-state index in [9.17, 15) is 24.3 Å². The van der Waals surface area contributed by atoms with Crippen molar-refractivity contribution in [1.82, 2.24) is 15.2 Å². The highest BCUT2D eigenvalue weighted by atomic mass is 32.2.